The lowest BCUT2D eigenvalue weighted by Gasteiger charge is -2.12. The van der Waals surface area contributed by atoms with Gasteiger partial charge in [0.25, 0.3) is 0 Å². The van der Waals surface area contributed by atoms with Gasteiger partial charge in [-0.3, -0.25) is 0 Å². The van der Waals surface area contributed by atoms with Crippen LogP contribution in [-0.2, 0) is 19.4 Å². The molecule has 2 aromatic heterocycles. The number of imidazole rings is 1. The van der Waals surface area contributed by atoms with E-state index in [9.17, 15) is 0 Å². The van der Waals surface area contributed by atoms with E-state index in [1.807, 2.05) is 6.33 Å². The van der Waals surface area contributed by atoms with Crippen molar-refractivity contribution in [3.05, 3.63) is 29.4 Å². The fraction of sp³-hybridized carbons (Fsp3) is 0.615. The van der Waals surface area contributed by atoms with Crippen LogP contribution in [0.25, 0.3) is 0 Å². The van der Waals surface area contributed by atoms with Crippen LogP contribution >= 0.6 is 0 Å². The van der Waals surface area contributed by atoms with Gasteiger partial charge < -0.3 is 9.09 Å². The average molecular weight is 246 g/mol. The average Bonchev–Trinajstić information content (AvgIpc) is 2.98. The first-order valence-electron chi connectivity index (χ1n) is 6.59. The van der Waals surface area contributed by atoms with Gasteiger partial charge in [-0.15, -0.1) is 0 Å². The number of aryl methyl sites for hydroxylation is 1. The second kappa shape index (κ2) is 4.55. The van der Waals surface area contributed by atoms with E-state index in [2.05, 4.69) is 33.5 Å². The maximum absolute atomic E-state index is 5.22. The number of hydrogen-bond donors (Lipinski definition) is 0. The number of rotatable bonds is 3. The monoisotopic (exact) mass is 246 g/mol. The Bertz CT molecular complexity index is 541. The number of fused-ring (bicyclic) bond motifs is 1. The van der Waals surface area contributed by atoms with E-state index in [-0.39, 0.29) is 5.92 Å². The van der Waals surface area contributed by atoms with Gasteiger partial charge in [0, 0.05) is 11.6 Å². The number of nitrogens with zero attached hydrogens (tertiary/aromatic N) is 4. The minimum atomic E-state index is 0.281. The molecule has 0 saturated heterocycles. The Labute approximate surface area is 106 Å². The lowest BCUT2D eigenvalue weighted by molar-refractivity contribution is 0.359. The summed E-state index contributed by atoms with van der Waals surface area (Å²) in [5.74, 6) is 1.73. The van der Waals surface area contributed by atoms with Crippen LogP contribution in [0.1, 0.15) is 55.7 Å². The highest BCUT2D eigenvalue weighted by molar-refractivity contribution is 5.17. The zero-order valence-electron chi connectivity index (χ0n) is 10.9. The molecule has 0 unspecified atom stereocenters. The molecule has 3 rings (SSSR count). The normalized spacial score (nSPS) is 15.1. The molecule has 96 valence electrons. The Kier molecular flexibility index (Phi) is 2.89. The van der Waals surface area contributed by atoms with Crippen molar-refractivity contribution in [3.8, 4) is 0 Å². The molecule has 0 fully saturated rings. The van der Waals surface area contributed by atoms with Crippen molar-refractivity contribution in [1.29, 1.82) is 0 Å². The number of aromatic nitrogens is 4. The van der Waals surface area contributed by atoms with Gasteiger partial charge in [0.05, 0.1) is 18.6 Å². The molecule has 0 bridgehead atoms. The molecular weight excluding hydrogens is 228 g/mol. The Hall–Kier alpha value is -1.65. The lowest BCUT2D eigenvalue weighted by atomic mass is 10.0. The Morgan fingerprint density at radius 2 is 2.17 bits per heavy atom. The second-order valence-electron chi connectivity index (χ2n) is 5.18. The van der Waals surface area contributed by atoms with Crippen LogP contribution in [0, 0.1) is 0 Å². The highest BCUT2D eigenvalue weighted by Crippen LogP contribution is 2.20. The molecule has 2 aromatic rings. The molecule has 0 aliphatic heterocycles. The number of hydrogen-bond acceptors (Lipinski definition) is 4. The molecule has 1 aliphatic rings. The van der Waals surface area contributed by atoms with Gasteiger partial charge in [-0.2, -0.15) is 4.98 Å². The third-order valence-corrected chi connectivity index (χ3v) is 3.40. The van der Waals surface area contributed by atoms with Crippen LogP contribution in [0.4, 0.5) is 0 Å². The van der Waals surface area contributed by atoms with Gasteiger partial charge in [-0.25, -0.2) is 4.98 Å². The molecule has 0 N–H and O–H groups in total. The van der Waals surface area contributed by atoms with Crippen molar-refractivity contribution in [2.45, 2.75) is 52.0 Å². The molecule has 5 heteroatoms. The first-order chi connectivity index (χ1) is 8.74. The van der Waals surface area contributed by atoms with Crippen molar-refractivity contribution in [3.63, 3.8) is 0 Å². The van der Waals surface area contributed by atoms with Gasteiger partial charge in [0.1, 0.15) is 0 Å². The smallest absolute Gasteiger partial charge is 0.229 e. The summed E-state index contributed by atoms with van der Waals surface area (Å²) in [6.07, 6.45) is 6.63. The minimum Gasteiger partial charge on any atom is -0.339 e. The third kappa shape index (κ3) is 2.05. The second-order valence-corrected chi connectivity index (χ2v) is 5.18. The lowest BCUT2D eigenvalue weighted by Crippen LogP contribution is -2.09. The van der Waals surface area contributed by atoms with Crippen molar-refractivity contribution in [2.75, 3.05) is 0 Å². The highest BCUT2D eigenvalue weighted by atomic mass is 16.5. The summed E-state index contributed by atoms with van der Waals surface area (Å²) in [4.78, 5) is 8.88. The van der Waals surface area contributed by atoms with Crippen LogP contribution in [0.2, 0.25) is 0 Å². The summed E-state index contributed by atoms with van der Waals surface area (Å²) in [5.41, 5.74) is 2.59. The molecule has 0 aromatic carbocycles. The van der Waals surface area contributed by atoms with E-state index in [4.69, 9.17) is 4.52 Å². The van der Waals surface area contributed by atoms with Crippen LogP contribution in [0.15, 0.2) is 10.9 Å². The van der Waals surface area contributed by atoms with Crippen LogP contribution in [0.5, 0.6) is 0 Å². The van der Waals surface area contributed by atoms with Crippen LogP contribution < -0.4 is 0 Å². The largest absolute Gasteiger partial charge is 0.339 e. The fourth-order valence-corrected chi connectivity index (χ4v) is 2.39. The molecule has 1 aliphatic carbocycles. The van der Waals surface area contributed by atoms with Crippen LogP contribution in [-0.4, -0.2) is 19.7 Å². The molecule has 0 saturated carbocycles. The van der Waals surface area contributed by atoms with Gasteiger partial charge in [0.2, 0.25) is 5.89 Å². The van der Waals surface area contributed by atoms with E-state index in [1.165, 1.54) is 24.2 Å². The molecule has 2 heterocycles. The minimum absolute atomic E-state index is 0.281. The van der Waals surface area contributed by atoms with Gasteiger partial charge in [0.15, 0.2) is 5.82 Å². The van der Waals surface area contributed by atoms with Gasteiger partial charge in [-0.1, -0.05) is 19.0 Å². The predicted molar refractivity (Wildman–Crippen MR) is 66.4 cm³/mol. The van der Waals surface area contributed by atoms with E-state index in [1.54, 1.807) is 0 Å². The standard InChI is InChI=1S/C13H18N4O/c1-9(2)13-15-12(16-18-13)7-17-8-14-10-5-3-4-6-11(10)17/h8-9H,3-7H2,1-2H3. The molecule has 18 heavy (non-hydrogen) atoms. The Morgan fingerprint density at radius 1 is 1.33 bits per heavy atom. The summed E-state index contributed by atoms with van der Waals surface area (Å²) >= 11 is 0. The zero-order valence-corrected chi connectivity index (χ0v) is 10.9. The Balaban J connectivity index is 1.81. The van der Waals surface area contributed by atoms with Crippen molar-refractivity contribution >= 4 is 0 Å². The van der Waals surface area contributed by atoms with E-state index < -0.39 is 0 Å². The van der Waals surface area contributed by atoms with Crippen molar-refractivity contribution < 1.29 is 4.52 Å². The molecule has 0 radical (unpaired) electrons. The first kappa shape index (κ1) is 11.4. The summed E-state index contributed by atoms with van der Waals surface area (Å²) in [6, 6.07) is 0. The fourth-order valence-electron chi connectivity index (χ4n) is 2.39. The Morgan fingerprint density at radius 3 is 2.94 bits per heavy atom. The molecule has 5 nitrogen and oxygen atoms in total. The van der Waals surface area contributed by atoms with E-state index in [0.717, 1.165) is 18.7 Å². The predicted octanol–water partition coefficient (Wildman–Crippen LogP) is 2.32. The molecule has 0 atom stereocenters. The SMILES string of the molecule is CC(C)c1nc(Cn2cnc3c2CCCC3)no1. The van der Waals surface area contributed by atoms with E-state index in [0.29, 0.717) is 12.4 Å². The quantitative estimate of drug-likeness (QED) is 0.834. The topological polar surface area (TPSA) is 56.7 Å². The summed E-state index contributed by atoms with van der Waals surface area (Å²) in [5, 5.41) is 4.03. The summed E-state index contributed by atoms with van der Waals surface area (Å²) < 4.78 is 7.38. The molecular formula is C13H18N4O. The van der Waals surface area contributed by atoms with Gasteiger partial charge >= 0.3 is 0 Å². The highest BCUT2D eigenvalue weighted by Gasteiger charge is 2.17. The summed E-state index contributed by atoms with van der Waals surface area (Å²) in [6.45, 7) is 4.77. The van der Waals surface area contributed by atoms with E-state index >= 15 is 0 Å². The first-order valence-corrected chi connectivity index (χ1v) is 6.59. The summed E-state index contributed by atoms with van der Waals surface area (Å²) in [7, 11) is 0. The maximum Gasteiger partial charge on any atom is 0.229 e. The van der Waals surface area contributed by atoms with Gasteiger partial charge in [-0.05, 0) is 25.7 Å². The van der Waals surface area contributed by atoms with Crippen molar-refractivity contribution in [2.24, 2.45) is 0 Å². The maximum atomic E-state index is 5.22. The third-order valence-electron chi connectivity index (χ3n) is 3.40. The molecule has 0 spiro atoms. The molecule has 0 amide bonds. The zero-order chi connectivity index (χ0) is 12.5. The van der Waals surface area contributed by atoms with Crippen LogP contribution in [0.3, 0.4) is 0 Å². The van der Waals surface area contributed by atoms with Crippen molar-refractivity contribution in [1.82, 2.24) is 19.7 Å².